The molecule has 0 unspecified atom stereocenters. The monoisotopic (exact) mass is 463 g/mol. The van der Waals surface area contributed by atoms with Gasteiger partial charge in [0.1, 0.15) is 6.61 Å². The first kappa shape index (κ1) is 26.2. The third-order valence-corrected chi connectivity index (χ3v) is 8.19. The number of nitrogens with zero attached hydrogens (tertiary/aromatic N) is 1. The zero-order chi connectivity index (χ0) is 19.8. The normalized spacial score (nSPS) is 12.4. The van der Waals surface area contributed by atoms with Crippen LogP contribution >= 0.6 is 0 Å². The van der Waals surface area contributed by atoms with E-state index in [2.05, 4.69) is 0 Å². The van der Waals surface area contributed by atoms with Gasteiger partial charge in [0.15, 0.2) is 5.54 Å². The molecule has 1 aromatic carbocycles. The Hall–Kier alpha value is -0.773. The van der Waals surface area contributed by atoms with Crippen LogP contribution in [0.1, 0.15) is 25.8 Å². The summed E-state index contributed by atoms with van der Waals surface area (Å²) in [4.78, 5) is 12.7. The number of halogens is 1. The van der Waals surface area contributed by atoms with E-state index < -0.39 is 14.3 Å². The second-order valence-electron chi connectivity index (χ2n) is 7.43. The molecule has 0 fully saturated rings. The van der Waals surface area contributed by atoms with E-state index in [1.54, 1.807) is 21.3 Å². The molecule has 0 saturated heterocycles. The molecular weight excluding hydrogens is 430 g/mol. The molecule has 0 amide bonds. The van der Waals surface area contributed by atoms with Crippen LogP contribution in [-0.2, 0) is 29.4 Å². The van der Waals surface area contributed by atoms with E-state index in [4.69, 9.17) is 18.0 Å². The molecule has 8 heteroatoms. The van der Waals surface area contributed by atoms with Crippen LogP contribution in [0.3, 0.4) is 0 Å². The molecule has 1 aromatic rings. The topological polar surface area (TPSA) is 54.0 Å². The average Bonchev–Trinajstić information content (AvgIpc) is 2.64. The van der Waals surface area contributed by atoms with E-state index in [1.807, 2.05) is 58.3 Å². The minimum Gasteiger partial charge on any atom is -1.00 e. The van der Waals surface area contributed by atoms with E-state index in [9.17, 15) is 4.79 Å². The molecule has 156 valence electrons. The number of hydrogen-bond acceptors (Lipinski definition) is 5. The fourth-order valence-corrected chi connectivity index (χ4v) is 4.38. The first-order valence-corrected chi connectivity index (χ1v) is 10.8. The van der Waals surface area contributed by atoms with Crippen molar-refractivity contribution in [2.75, 3.05) is 42.0 Å². The summed E-state index contributed by atoms with van der Waals surface area (Å²) in [7, 11) is 6.34. The van der Waals surface area contributed by atoms with Crippen LogP contribution in [0.2, 0.25) is 6.04 Å². The Kier molecular flexibility index (Phi) is 11.0. The number of benzene rings is 1. The second-order valence-corrected chi connectivity index (χ2v) is 10.5. The molecule has 6 nitrogen and oxygen atoms in total. The number of carbonyl (C=O) groups is 1. The highest BCUT2D eigenvalue weighted by molar-refractivity contribution is 6.60. The van der Waals surface area contributed by atoms with Gasteiger partial charge in [0.2, 0.25) is 0 Å². The summed E-state index contributed by atoms with van der Waals surface area (Å²) in [5.74, 6) is -0.208. The molecule has 1 rings (SSSR count). The Balaban J connectivity index is 0.00000676. The molecule has 0 atom stereocenters. The van der Waals surface area contributed by atoms with Gasteiger partial charge in [-0.3, -0.25) is 0 Å². The Morgan fingerprint density at radius 1 is 1.04 bits per heavy atom. The summed E-state index contributed by atoms with van der Waals surface area (Å²) < 4.78 is 22.5. The van der Waals surface area contributed by atoms with Crippen molar-refractivity contribution in [1.29, 1.82) is 0 Å². The van der Waals surface area contributed by atoms with Crippen LogP contribution in [0.5, 0.6) is 0 Å². The van der Waals surface area contributed by atoms with Gasteiger partial charge < -0.3 is 39.5 Å². The summed E-state index contributed by atoms with van der Waals surface area (Å²) in [6.45, 7) is 4.91. The summed E-state index contributed by atoms with van der Waals surface area (Å²) in [6, 6.07) is 10.4. The standard InChI is InChI=1S/C19H34NO5Si.BrH/c1-19(2,18(21)25-16-17-12-9-8-10-13-17)20(3,4)14-11-15-26(22-5,23-6)24-7;/h8-10,12-13H,11,14-16H2,1-7H3;1H/q+1;/p-1. The van der Waals surface area contributed by atoms with Gasteiger partial charge in [-0.15, -0.1) is 0 Å². The highest BCUT2D eigenvalue weighted by Crippen LogP contribution is 2.25. The Bertz CT molecular complexity index is 556. The molecule has 0 radical (unpaired) electrons. The van der Waals surface area contributed by atoms with Crippen LogP contribution in [-0.4, -0.2) is 66.8 Å². The zero-order valence-electron chi connectivity index (χ0n) is 17.6. The van der Waals surface area contributed by atoms with Crippen molar-refractivity contribution in [2.45, 2.75) is 38.5 Å². The largest absolute Gasteiger partial charge is 1.00 e. The molecule has 0 N–H and O–H groups in total. The first-order valence-electron chi connectivity index (χ1n) is 8.84. The van der Waals surface area contributed by atoms with Crippen LogP contribution in [0.15, 0.2) is 30.3 Å². The maximum atomic E-state index is 12.7. The lowest BCUT2D eigenvalue weighted by molar-refractivity contribution is -0.928. The summed E-state index contributed by atoms with van der Waals surface area (Å²) in [5, 5.41) is 0. The molecule has 0 aliphatic rings. The van der Waals surface area contributed by atoms with Crippen LogP contribution in [0, 0.1) is 0 Å². The second kappa shape index (κ2) is 11.3. The van der Waals surface area contributed by atoms with E-state index >= 15 is 0 Å². The lowest BCUT2D eigenvalue weighted by atomic mass is 10.0. The van der Waals surface area contributed by atoms with Crippen molar-refractivity contribution < 1.29 is 44.3 Å². The van der Waals surface area contributed by atoms with Gasteiger partial charge in [0.25, 0.3) is 0 Å². The minimum atomic E-state index is -2.59. The first-order chi connectivity index (χ1) is 12.1. The fraction of sp³-hybridized carbons (Fsp3) is 0.632. The minimum absolute atomic E-state index is 0. The van der Waals surface area contributed by atoms with Gasteiger partial charge in [-0.2, -0.15) is 0 Å². The Morgan fingerprint density at radius 2 is 1.56 bits per heavy atom. The molecule has 27 heavy (non-hydrogen) atoms. The van der Waals surface area contributed by atoms with E-state index in [0.29, 0.717) is 10.5 Å². The highest BCUT2D eigenvalue weighted by atomic mass is 79.9. The maximum absolute atomic E-state index is 12.7. The SMILES string of the molecule is CO[Si](CCC[N+](C)(C)C(C)(C)C(=O)OCc1ccccc1)(OC)OC.[Br-]. The summed E-state index contributed by atoms with van der Waals surface area (Å²) in [5.41, 5.74) is 0.310. The molecule has 0 saturated carbocycles. The van der Waals surface area contributed by atoms with Gasteiger partial charge in [-0.25, -0.2) is 4.79 Å². The van der Waals surface area contributed by atoms with Gasteiger partial charge in [-0.1, -0.05) is 30.3 Å². The molecule has 0 heterocycles. The summed E-state index contributed by atoms with van der Waals surface area (Å²) >= 11 is 0. The predicted molar refractivity (Wildman–Crippen MR) is 103 cm³/mol. The number of esters is 1. The number of hydrogen-bond donors (Lipinski definition) is 0. The number of ether oxygens (including phenoxy) is 1. The summed E-state index contributed by atoms with van der Waals surface area (Å²) in [6.07, 6.45) is 0.824. The lowest BCUT2D eigenvalue weighted by Crippen LogP contribution is -3.00. The fourth-order valence-electron chi connectivity index (χ4n) is 2.67. The van der Waals surface area contributed by atoms with Crippen molar-refractivity contribution in [1.82, 2.24) is 0 Å². The smallest absolute Gasteiger partial charge is 0.500 e. The molecular formula is C19H34BrNO5Si. The van der Waals surface area contributed by atoms with Gasteiger partial charge >= 0.3 is 14.8 Å². The van der Waals surface area contributed by atoms with Gasteiger partial charge in [0, 0.05) is 47.6 Å². The van der Waals surface area contributed by atoms with Gasteiger partial charge in [0.05, 0.1) is 20.6 Å². The van der Waals surface area contributed by atoms with Crippen molar-refractivity contribution in [3.63, 3.8) is 0 Å². The number of quaternary nitrogens is 1. The van der Waals surface area contributed by atoms with Crippen molar-refractivity contribution >= 4 is 14.8 Å². The quantitative estimate of drug-likeness (QED) is 0.259. The van der Waals surface area contributed by atoms with Crippen molar-refractivity contribution in [2.24, 2.45) is 0 Å². The Labute approximate surface area is 175 Å². The third-order valence-electron chi connectivity index (χ3n) is 5.36. The van der Waals surface area contributed by atoms with Crippen molar-refractivity contribution in [3.05, 3.63) is 35.9 Å². The molecule has 0 aliphatic carbocycles. The van der Waals surface area contributed by atoms with E-state index in [-0.39, 0.29) is 29.6 Å². The van der Waals surface area contributed by atoms with Crippen LogP contribution < -0.4 is 17.0 Å². The predicted octanol–water partition coefficient (Wildman–Crippen LogP) is -0.143. The number of likely N-dealkylation sites (N-methyl/N-ethyl adjacent to an activating group) is 1. The van der Waals surface area contributed by atoms with E-state index in [1.165, 1.54) is 0 Å². The Morgan fingerprint density at radius 3 is 2.04 bits per heavy atom. The van der Waals surface area contributed by atoms with Crippen LogP contribution in [0.4, 0.5) is 0 Å². The molecule has 0 bridgehead atoms. The zero-order valence-corrected chi connectivity index (χ0v) is 20.2. The average molecular weight is 464 g/mol. The molecule has 0 spiro atoms. The molecule has 0 aromatic heterocycles. The van der Waals surface area contributed by atoms with E-state index in [0.717, 1.165) is 18.5 Å². The highest BCUT2D eigenvalue weighted by Gasteiger charge is 2.46. The van der Waals surface area contributed by atoms with Gasteiger partial charge in [-0.05, 0) is 5.56 Å². The van der Waals surface area contributed by atoms with Crippen molar-refractivity contribution in [3.8, 4) is 0 Å². The van der Waals surface area contributed by atoms with Crippen LogP contribution in [0.25, 0.3) is 0 Å². The molecule has 0 aliphatic heterocycles. The third kappa shape index (κ3) is 6.96. The lowest BCUT2D eigenvalue weighted by Gasteiger charge is -2.42. The number of rotatable bonds is 11. The number of carbonyl (C=O) groups excluding carboxylic acids is 1. The maximum Gasteiger partial charge on any atom is 0.500 e.